The second-order valence-corrected chi connectivity index (χ2v) is 13.5. The zero-order chi connectivity index (χ0) is 47.0. The van der Waals surface area contributed by atoms with E-state index in [0.717, 1.165) is 0 Å². The van der Waals surface area contributed by atoms with Crippen molar-refractivity contribution in [3.8, 4) is 0 Å². The van der Waals surface area contributed by atoms with Gasteiger partial charge in [0.1, 0.15) is 20.2 Å². The molecule has 0 N–H and O–H groups in total. The molecule has 35 heteroatoms. The molecule has 2 atom stereocenters. The SMILES string of the molecule is O=S(=O)([O-])c1ccc(C(F)(C(F)(F)F)C(F)(F)C(F)(C(F)(F)F)C(F)(F)F)cc1.O=S(=O)([O-])c1ccc(C(F)(C(F)(F)F)C(F)(F)C(F)(C(F)(F)F)C(F)(F)F)cc1.[Ba+2]. The quantitative estimate of drug-likeness (QED) is 0.148. The monoisotopic (exact) mass is 1090 g/mol. The molecular weight excluding hydrogens is 1080 g/mol. The fourth-order valence-electron chi connectivity index (χ4n) is 4.26. The summed E-state index contributed by atoms with van der Waals surface area (Å²) in [7, 11) is -11.0. The van der Waals surface area contributed by atoms with E-state index in [4.69, 9.17) is 0 Å². The van der Waals surface area contributed by atoms with Gasteiger partial charge in [-0.1, -0.05) is 24.3 Å². The van der Waals surface area contributed by atoms with Crippen LogP contribution in [0.4, 0.5) is 114 Å². The average molecular weight is 1090 g/mol. The Bertz CT molecular complexity index is 1830. The first-order valence-electron chi connectivity index (χ1n) is 13.0. The second-order valence-electron chi connectivity index (χ2n) is 10.7. The fourth-order valence-corrected chi connectivity index (χ4v) is 5.20. The molecule has 0 spiro atoms. The van der Waals surface area contributed by atoms with Crippen molar-refractivity contribution >= 4 is 69.1 Å². The Morgan fingerprint density at radius 2 is 0.492 bits per heavy atom. The summed E-state index contributed by atoms with van der Waals surface area (Å²) in [6.45, 7) is 0. The molecule has 0 aliphatic carbocycles. The van der Waals surface area contributed by atoms with Gasteiger partial charge in [0.25, 0.3) is 11.3 Å². The molecule has 0 saturated carbocycles. The Morgan fingerprint density at radius 3 is 0.610 bits per heavy atom. The minimum absolute atomic E-state index is 0. The zero-order valence-electron chi connectivity index (χ0n) is 26.4. The van der Waals surface area contributed by atoms with Gasteiger partial charge in [-0.05, 0) is 24.3 Å². The third-order valence-electron chi connectivity index (χ3n) is 7.16. The first kappa shape index (κ1) is 57.0. The molecule has 0 bridgehead atoms. The summed E-state index contributed by atoms with van der Waals surface area (Å²) in [6.07, 6.45) is -45.6. The van der Waals surface area contributed by atoms with E-state index in [0.29, 0.717) is 0 Å². The maximum atomic E-state index is 14.5. The second kappa shape index (κ2) is 16.3. The molecule has 336 valence electrons. The summed E-state index contributed by atoms with van der Waals surface area (Å²) < 4.78 is 404. The molecule has 0 fully saturated rings. The van der Waals surface area contributed by atoms with E-state index in [1.807, 2.05) is 0 Å². The Hall–Kier alpha value is -1.99. The Labute approximate surface area is 348 Å². The largest absolute Gasteiger partial charge is 2.00 e. The third kappa shape index (κ3) is 9.38. The van der Waals surface area contributed by atoms with Gasteiger partial charge in [-0.25, -0.2) is 34.4 Å². The zero-order valence-corrected chi connectivity index (χ0v) is 32.5. The van der Waals surface area contributed by atoms with Crippen LogP contribution >= 0.6 is 0 Å². The first-order chi connectivity index (χ1) is 24.9. The van der Waals surface area contributed by atoms with Gasteiger partial charge in [-0.3, -0.25) is 0 Å². The molecule has 59 heavy (non-hydrogen) atoms. The molecule has 0 aliphatic rings. The molecule has 0 aliphatic heterocycles. The molecule has 2 rings (SSSR count). The molecule has 0 heterocycles. The van der Waals surface area contributed by atoms with Gasteiger partial charge in [0, 0.05) is 11.1 Å². The standard InChI is InChI=1S/2C12H5F13O3S.Ba/c2*13-7(10(17,18)19,5-1-3-6(4-2-5)29(26,27)28)9(15,16)8(14,11(20,21)22)12(23,24)25;/h2*1-4H,(H,26,27,28);/q;;+2/p-2. The van der Waals surface area contributed by atoms with Crippen LogP contribution in [-0.4, -0.2) is 135 Å². The van der Waals surface area contributed by atoms with Gasteiger partial charge in [-0.2, -0.15) is 96.6 Å². The minimum Gasteiger partial charge on any atom is -0.744 e. The van der Waals surface area contributed by atoms with Crippen LogP contribution in [0.1, 0.15) is 11.1 Å². The van der Waals surface area contributed by atoms with Crippen molar-refractivity contribution in [3.05, 3.63) is 59.7 Å². The van der Waals surface area contributed by atoms with Gasteiger partial charge in [0.05, 0.1) is 9.79 Å². The summed E-state index contributed by atoms with van der Waals surface area (Å²) in [6, 6.07) is -3.75. The minimum atomic E-state index is -8.01. The molecule has 0 radical (unpaired) electrons. The van der Waals surface area contributed by atoms with Crippen molar-refractivity contribution in [2.24, 2.45) is 0 Å². The number of hydrogen-bond donors (Lipinski definition) is 0. The van der Waals surface area contributed by atoms with Crippen LogP contribution in [0.5, 0.6) is 0 Å². The predicted octanol–water partition coefficient (Wildman–Crippen LogP) is 9.19. The topological polar surface area (TPSA) is 114 Å². The maximum Gasteiger partial charge on any atom is 2.00 e. The normalized spacial score (nSPS) is 16.9. The Balaban J connectivity index is 0.00000112. The van der Waals surface area contributed by atoms with Crippen molar-refractivity contribution in [1.82, 2.24) is 0 Å². The van der Waals surface area contributed by atoms with Gasteiger partial charge < -0.3 is 9.11 Å². The summed E-state index contributed by atoms with van der Waals surface area (Å²) in [4.78, 5) is -2.99. The maximum absolute atomic E-state index is 14.5. The van der Waals surface area contributed by atoms with Crippen molar-refractivity contribution < 1.29 is 140 Å². The van der Waals surface area contributed by atoms with Crippen LogP contribution < -0.4 is 0 Å². The summed E-state index contributed by atoms with van der Waals surface area (Å²) in [5.74, 6) is -15.8. The van der Waals surface area contributed by atoms with Gasteiger partial charge in [0.15, 0.2) is 0 Å². The molecule has 0 amide bonds. The van der Waals surface area contributed by atoms with Crippen LogP contribution in [-0.2, 0) is 31.6 Å². The number of halogens is 26. The summed E-state index contributed by atoms with van der Waals surface area (Å²) >= 11 is 0. The molecule has 0 aromatic heterocycles. The molecule has 0 saturated heterocycles. The van der Waals surface area contributed by atoms with Crippen LogP contribution in [0.25, 0.3) is 0 Å². The molecule has 6 nitrogen and oxygen atoms in total. The molecule has 2 aromatic carbocycles. The predicted molar refractivity (Wildman–Crippen MR) is 134 cm³/mol. The van der Waals surface area contributed by atoms with E-state index >= 15 is 0 Å². The van der Waals surface area contributed by atoms with E-state index in [1.165, 1.54) is 0 Å². The summed E-state index contributed by atoms with van der Waals surface area (Å²) in [5, 5.41) is 0. The van der Waals surface area contributed by atoms with Crippen LogP contribution in [0.2, 0.25) is 0 Å². The van der Waals surface area contributed by atoms with Crippen molar-refractivity contribution in [1.29, 1.82) is 0 Å². The fraction of sp³-hybridized carbons (Fsp3) is 0.500. The first-order valence-corrected chi connectivity index (χ1v) is 15.8. The van der Waals surface area contributed by atoms with E-state index in [2.05, 4.69) is 0 Å². The van der Waals surface area contributed by atoms with E-state index in [-0.39, 0.29) is 73.1 Å². The number of alkyl halides is 26. The van der Waals surface area contributed by atoms with Crippen LogP contribution in [0.3, 0.4) is 0 Å². The smallest absolute Gasteiger partial charge is 0.744 e. The van der Waals surface area contributed by atoms with Crippen molar-refractivity contribution in [2.75, 3.05) is 0 Å². The van der Waals surface area contributed by atoms with Gasteiger partial charge in [0.2, 0.25) is 0 Å². The number of hydrogen-bond acceptors (Lipinski definition) is 6. The summed E-state index contributed by atoms with van der Waals surface area (Å²) in [5.41, 5.74) is -35.4. The number of rotatable bonds is 8. The van der Waals surface area contributed by atoms with E-state index < -0.39 is 137 Å². The average Bonchev–Trinajstić information content (AvgIpc) is 2.99. The van der Waals surface area contributed by atoms with Gasteiger partial charge >= 0.3 is 109 Å². The van der Waals surface area contributed by atoms with Gasteiger partial charge in [-0.15, -0.1) is 0 Å². The Morgan fingerprint density at radius 1 is 0.322 bits per heavy atom. The number of benzene rings is 2. The van der Waals surface area contributed by atoms with E-state index in [9.17, 15) is 140 Å². The molecular formula is C24H8BaF26O6S2. The Kier molecular flexibility index (Phi) is 15.7. The van der Waals surface area contributed by atoms with E-state index in [1.54, 1.807) is 0 Å². The van der Waals surface area contributed by atoms with Crippen molar-refractivity contribution in [2.45, 2.75) is 81.4 Å². The van der Waals surface area contributed by atoms with Crippen LogP contribution in [0, 0.1) is 0 Å². The molecule has 2 unspecified atom stereocenters. The molecule has 2 aromatic rings. The van der Waals surface area contributed by atoms with Crippen LogP contribution in [0.15, 0.2) is 58.3 Å². The van der Waals surface area contributed by atoms with Crippen molar-refractivity contribution in [3.63, 3.8) is 0 Å². The third-order valence-corrected chi connectivity index (χ3v) is 8.85.